The van der Waals surface area contributed by atoms with E-state index in [0.29, 0.717) is 40.6 Å². The van der Waals surface area contributed by atoms with Crippen LogP contribution in [0.5, 0.6) is 0 Å². The van der Waals surface area contributed by atoms with Crippen molar-refractivity contribution in [2.75, 3.05) is 7.05 Å². The van der Waals surface area contributed by atoms with Gasteiger partial charge in [0.25, 0.3) is 5.91 Å². The molecule has 5 rings (SSSR count). The molecule has 6 heteroatoms. The van der Waals surface area contributed by atoms with Gasteiger partial charge in [0.1, 0.15) is 0 Å². The molecule has 6 nitrogen and oxygen atoms in total. The fourth-order valence-electron chi connectivity index (χ4n) is 4.24. The number of hydrogen-bond acceptors (Lipinski definition) is 5. The molecule has 0 fully saturated rings. The van der Waals surface area contributed by atoms with Crippen LogP contribution in [0.1, 0.15) is 31.8 Å². The lowest BCUT2D eigenvalue weighted by molar-refractivity contribution is 0.0782. The molecule has 0 saturated carbocycles. The number of aromatic nitrogens is 2. The van der Waals surface area contributed by atoms with Gasteiger partial charge in [-0.3, -0.25) is 9.59 Å². The number of aldehydes is 1. The lowest BCUT2D eigenvalue weighted by Gasteiger charge is -2.18. The van der Waals surface area contributed by atoms with Crippen LogP contribution in [0.25, 0.3) is 33.5 Å². The summed E-state index contributed by atoms with van der Waals surface area (Å²) in [6.07, 6.45) is 0.700. The summed E-state index contributed by atoms with van der Waals surface area (Å²) in [5.74, 6) is -0.213. The van der Waals surface area contributed by atoms with E-state index in [4.69, 9.17) is 9.97 Å². The molecule has 37 heavy (non-hydrogen) atoms. The molecule has 0 bridgehead atoms. The maximum atomic E-state index is 12.9. The van der Waals surface area contributed by atoms with Gasteiger partial charge in [0.2, 0.25) is 0 Å². The van der Waals surface area contributed by atoms with Gasteiger partial charge in [-0.1, -0.05) is 72.8 Å². The number of hydrogen-bond donors (Lipinski definition) is 0. The van der Waals surface area contributed by atoms with Gasteiger partial charge in [0, 0.05) is 30.3 Å². The summed E-state index contributed by atoms with van der Waals surface area (Å²) in [6.45, 7) is 0.387. The topological polar surface area (TPSA) is 86.9 Å². The molecule has 0 saturated heterocycles. The van der Waals surface area contributed by atoms with Gasteiger partial charge in [-0.25, -0.2) is 9.97 Å². The molecular weight excluding hydrogens is 460 g/mol. The first-order chi connectivity index (χ1) is 18.1. The van der Waals surface area contributed by atoms with Crippen LogP contribution < -0.4 is 0 Å². The van der Waals surface area contributed by atoms with Gasteiger partial charge in [0.05, 0.1) is 39.6 Å². The van der Waals surface area contributed by atoms with E-state index in [9.17, 15) is 14.9 Å². The fraction of sp³-hybridized carbons (Fsp3) is 0.0645. The predicted octanol–water partition coefficient (Wildman–Crippen LogP) is 5.92. The Morgan fingerprint density at radius 3 is 2.19 bits per heavy atom. The van der Waals surface area contributed by atoms with E-state index in [1.165, 1.54) is 0 Å². The zero-order valence-electron chi connectivity index (χ0n) is 20.1. The molecule has 1 amide bonds. The zero-order chi connectivity index (χ0) is 25.8. The van der Waals surface area contributed by atoms with Crippen molar-refractivity contribution in [1.29, 1.82) is 5.26 Å². The molecular formula is C31H22N4O2. The van der Waals surface area contributed by atoms with Gasteiger partial charge in [-0.2, -0.15) is 5.26 Å². The van der Waals surface area contributed by atoms with E-state index >= 15 is 0 Å². The van der Waals surface area contributed by atoms with Gasteiger partial charge >= 0.3 is 0 Å². The summed E-state index contributed by atoms with van der Waals surface area (Å²) in [5.41, 5.74) is 6.89. The van der Waals surface area contributed by atoms with Crippen LogP contribution in [-0.4, -0.2) is 34.1 Å². The van der Waals surface area contributed by atoms with Crippen molar-refractivity contribution >= 4 is 23.2 Å². The lowest BCUT2D eigenvalue weighted by atomic mass is 10.0. The zero-order valence-corrected chi connectivity index (χ0v) is 20.1. The molecule has 5 aromatic rings. The molecule has 4 aromatic carbocycles. The maximum Gasteiger partial charge on any atom is 0.254 e. The number of rotatable bonds is 6. The molecule has 1 aromatic heterocycles. The summed E-state index contributed by atoms with van der Waals surface area (Å²) in [5, 5.41) is 9.29. The largest absolute Gasteiger partial charge is 0.337 e. The van der Waals surface area contributed by atoms with Crippen molar-refractivity contribution in [2.45, 2.75) is 6.54 Å². The smallest absolute Gasteiger partial charge is 0.254 e. The summed E-state index contributed by atoms with van der Waals surface area (Å²) in [7, 11) is 1.72. The first-order valence-corrected chi connectivity index (χ1v) is 11.7. The minimum atomic E-state index is -0.213. The highest BCUT2D eigenvalue weighted by molar-refractivity contribution is 6.01. The summed E-state index contributed by atoms with van der Waals surface area (Å²) >= 11 is 0. The number of carbonyl (C=O) groups is 2. The lowest BCUT2D eigenvalue weighted by Crippen LogP contribution is -2.27. The Balaban J connectivity index is 1.47. The highest BCUT2D eigenvalue weighted by Crippen LogP contribution is 2.31. The number of benzene rings is 4. The number of nitrogens with zero attached hydrogens (tertiary/aromatic N) is 4. The van der Waals surface area contributed by atoms with E-state index in [1.54, 1.807) is 48.3 Å². The van der Waals surface area contributed by atoms with Crippen molar-refractivity contribution in [2.24, 2.45) is 0 Å². The van der Waals surface area contributed by atoms with Crippen molar-refractivity contribution in [3.8, 4) is 28.6 Å². The van der Waals surface area contributed by atoms with Gasteiger partial charge in [-0.15, -0.1) is 0 Å². The SMILES string of the molecule is CN(Cc1ccc(-c2nc3ccc(C#N)cc3nc2-c2ccccc2)cc1)C(=O)c1ccccc1C=O. The Kier molecular flexibility index (Phi) is 6.52. The Morgan fingerprint density at radius 2 is 1.49 bits per heavy atom. The van der Waals surface area contributed by atoms with E-state index in [0.717, 1.165) is 28.1 Å². The van der Waals surface area contributed by atoms with Crippen LogP contribution in [0.3, 0.4) is 0 Å². The van der Waals surface area contributed by atoms with Crippen LogP contribution in [0, 0.1) is 11.3 Å². The second-order valence-corrected chi connectivity index (χ2v) is 8.67. The van der Waals surface area contributed by atoms with Crippen LogP contribution >= 0.6 is 0 Å². The van der Waals surface area contributed by atoms with Gasteiger partial charge < -0.3 is 4.90 Å². The molecule has 0 aliphatic carbocycles. The number of carbonyl (C=O) groups excluding carboxylic acids is 2. The second-order valence-electron chi connectivity index (χ2n) is 8.67. The first kappa shape index (κ1) is 23.6. The number of nitriles is 1. The molecule has 0 aliphatic rings. The average Bonchev–Trinajstić information content (AvgIpc) is 2.96. The third-order valence-corrected chi connectivity index (χ3v) is 6.15. The van der Waals surface area contributed by atoms with E-state index < -0.39 is 0 Å². The first-order valence-electron chi connectivity index (χ1n) is 11.7. The van der Waals surface area contributed by atoms with Crippen LogP contribution in [0.4, 0.5) is 0 Å². The van der Waals surface area contributed by atoms with Crippen LogP contribution in [0.15, 0.2) is 97.1 Å². The molecule has 1 heterocycles. The molecule has 0 aliphatic heterocycles. The fourth-order valence-corrected chi connectivity index (χ4v) is 4.24. The van der Waals surface area contributed by atoms with Crippen LogP contribution in [0.2, 0.25) is 0 Å². The standard InChI is InChI=1S/C31H22N4O2/c1-35(31(37)26-10-6-5-9-25(26)20-36)19-21-11-14-24(15-12-21)30-29(23-7-3-2-4-8-23)34-28-17-22(18-32)13-16-27(28)33-30/h2-17,20H,19H2,1H3. The molecule has 0 radical (unpaired) electrons. The highest BCUT2D eigenvalue weighted by atomic mass is 16.2. The summed E-state index contributed by atoms with van der Waals surface area (Å²) in [4.78, 5) is 35.6. The van der Waals surface area contributed by atoms with E-state index in [1.807, 2.05) is 60.7 Å². The second kappa shape index (κ2) is 10.2. The Morgan fingerprint density at radius 1 is 0.838 bits per heavy atom. The van der Waals surface area contributed by atoms with Crippen molar-refractivity contribution < 1.29 is 9.59 Å². The molecule has 0 unspecified atom stereocenters. The van der Waals surface area contributed by atoms with E-state index in [-0.39, 0.29) is 5.91 Å². The van der Waals surface area contributed by atoms with Crippen molar-refractivity contribution in [3.05, 3.63) is 119 Å². The monoisotopic (exact) mass is 482 g/mol. The molecule has 0 N–H and O–H groups in total. The quantitative estimate of drug-likeness (QED) is 0.280. The predicted molar refractivity (Wildman–Crippen MR) is 143 cm³/mol. The molecule has 0 spiro atoms. The van der Waals surface area contributed by atoms with Crippen LogP contribution in [-0.2, 0) is 6.54 Å². The summed E-state index contributed by atoms with van der Waals surface area (Å²) < 4.78 is 0. The minimum Gasteiger partial charge on any atom is -0.337 e. The Hall–Kier alpha value is -5.15. The molecule has 0 atom stereocenters. The third-order valence-electron chi connectivity index (χ3n) is 6.15. The Bertz CT molecular complexity index is 1660. The summed E-state index contributed by atoms with van der Waals surface area (Å²) in [6, 6.07) is 31.9. The minimum absolute atomic E-state index is 0.213. The highest BCUT2D eigenvalue weighted by Gasteiger charge is 2.17. The van der Waals surface area contributed by atoms with Crippen molar-refractivity contribution in [3.63, 3.8) is 0 Å². The maximum absolute atomic E-state index is 12.9. The van der Waals surface area contributed by atoms with Crippen molar-refractivity contribution in [1.82, 2.24) is 14.9 Å². The number of fused-ring (bicyclic) bond motifs is 1. The molecule has 178 valence electrons. The average molecular weight is 483 g/mol. The third kappa shape index (κ3) is 4.84. The normalized spacial score (nSPS) is 10.6. The Labute approximate surface area is 214 Å². The van der Waals surface area contributed by atoms with Gasteiger partial charge in [0.15, 0.2) is 6.29 Å². The van der Waals surface area contributed by atoms with E-state index in [2.05, 4.69) is 6.07 Å². The number of amides is 1. The van der Waals surface area contributed by atoms with Gasteiger partial charge in [-0.05, 0) is 29.8 Å².